The molecule has 1 N–H and O–H groups in total. The van der Waals surface area contributed by atoms with Gasteiger partial charge in [0, 0.05) is 11.8 Å². The highest BCUT2D eigenvalue weighted by Crippen LogP contribution is 2.26. The van der Waals surface area contributed by atoms with Crippen LogP contribution in [-0.4, -0.2) is 23.5 Å². The number of nitriles is 1. The largest absolute Gasteiger partial charge is 0.351 e. The molecule has 0 spiro atoms. The average Bonchev–Trinajstić information content (AvgIpc) is 2.33. The third-order valence-electron chi connectivity index (χ3n) is 3.35. The molecule has 16 heavy (non-hydrogen) atoms. The molecular weight excluding hydrogens is 220 g/mol. The van der Waals surface area contributed by atoms with Crippen molar-refractivity contribution in [3.05, 3.63) is 0 Å². The monoisotopic (exact) mass is 240 g/mol. The Morgan fingerprint density at radius 2 is 2.25 bits per heavy atom. The summed E-state index contributed by atoms with van der Waals surface area (Å²) in [6.45, 7) is 3.81. The van der Waals surface area contributed by atoms with E-state index in [4.69, 9.17) is 5.26 Å². The van der Waals surface area contributed by atoms with Crippen molar-refractivity contribution < 1.29 is 4.79 Å². The second kappa shape index (κ2) is 6.15. The average molecular weight is 240 g/mol. The zero-order valence-electron chi connectivity index (χ0n) is 10.1. The van der Waals surface area contributed by atoms with Gasteiger partial charge in [0.15, 0.2) is 0 Å². The summed E-state index contributed by atoms with van der Waals surface area (Å²) >= 11 is 1.88. The van der Waals surface area contributed by atoms with E-state index in [0.29, 0.717) is 12.8 Å². The van der Waals surface area contributed by atoms with Gasteiger partial charge < -0.3 is 5.32 Å². The predicted molar refractivity (Wildman–Crippen MR) is 67.1 cm³/mol. The maximum Gasteiger partial charge on any atom is 0.240 e. The first-order valence-corrected chi connectivity index (χ1v) is 7.14. The molecule has 90 valence electrons. The van der Waals surface area contributed by atoms with E-state index in [2.05, 4.69) is 11.4 Å². The number of amides is 1. The van der Waals surface area contributed by atoms with Gasteiger partial charge in [0.05, 0.1) is 6.07 Å². The molecule has 0 radical (unpaired) electrons. The lowest BCUT2D eigenvalue weighted by atomic mass is 9.83. The van der Waals surface area contributed by atoms with E-state index in [1.54, 1.807) is 0 Å². The number of hydrogen-bond acceptors (Lipinski definition) is 3. The Kier molecular flexibility index (Phi) is 5.14. The smallest absolute Gasteiger partial charge is 0.240 e. The van der Waals surface area contributed by atoms with Gasteiger partial charge >= 0.3 is 0 Å². The van der Waals surface area contributed by atoms with E-state index in [-0.39, 0.29) is 11.9 Å². The fraction of sp³-hybridized carbons (Fsp3) is 0.833. The standard InChI is InChI=1S/C12H20N2OS/c1-3-12(4-2,9-13)11(15)14-10-6-5-7-16-8-10/h10H,3-8H2,1-2H3,(H,14,15). The topological polar surface area (TPSA) is 52.9 Å². The first kappa shape index (κ1) is 13.4. The van der Waals surface area contributed by atoms with Gasteiger partial charge in [-0.15, -0.1) is 0 Å². The Balaban J connectivity index is 2.58. The fourth-order valence-corrected chi connectivity index (χ4v) is 3.03. The Hall–Kier alpha value is -0.690. The summed E-state index contributed by atoms with van der Waals surface area (Å²) in [6.07, 6.45) is 3.39. The number of carbonyl (C=O) groups excluding carboxylic acids is 1. The maximum atomic E-state index is 12.1. The number of nitrogens with one attached hydrogen (secondary N) is 1. The van der Waals surface area contributed by atoms with Crippen molar-refractivity contribution in [1.82, 2.24) is 5.32 Å². The number of thioether (sulfide) groups is 1. The molecule has 1 saturated heterocycles. The predicted octanol–water partition coefficient (Wildman–Crippen LogP) is 2.33. The van der Waals surface area contributed by atoms with E-state index in [0.717, 1.165) is 18.6 Å². The normalized spacial score (nSPS) is 21.2. The number of rotatable bonds is 4. The van der Waals surface area contributed by atoms with Crippen molar-refractivity contribution in [3.8, 4) is 6.07 Å². The molecule has 1 amide bonds. The molecule has 0 aromatic heterocycles. The van der Waals surface area contributed by atoms with Gasteiger partial charge in [0.2, 0.25) is 5.91 Å². The van der Waals surface area contributed by atoms with Crippen molar-refractivity contribution >= 4 is 17.7 Å². The highest BCUT2D eigenvalue weighted by atomic mass is 32.2. The first-order valence-electron chi connectivity index (χ1n) is 5.98. The molecule has 1 aliphatic rings. The van der Waals surface area contributed by atoms with Gasteiger partial charge in [-0.05, 0) is 31.4 Å². The fourth-order valence-electron chi connectivity index (χ4n) is 1.96. The summed E-state index contributed by atoms with van der Waals surface area (Å²) in [7, 11) is 0. The van der Waals surface area contributed by atoms with Crippen LogP contribution in [0.4, 0.5) is 0 Å². The third-order valence-corrected chi connectivity index (χ3v) is 4.57. The van der Waals surface area contributed by atoms with Crippen LogP contribution in [0, 0.1) is 16.7 Å². The Morgan fingerprint density at radius 3 is 2.69 bits per heavy atom. The Labute approximate surface area is 102 Å². The molecule has 1 unspecified atom stereocenters. The molecule has 0 aliphatic carbocycles. The molecule has 3 nitrogen and oxygen atoms in total. The highest BCUT2D eigenvalue weighted by Gasteiger charge is 2.36. The quantitative estimate of drug-likeness (QED) is 0.820. The second-order valence-corrected chi connectivity index (χ2v) is 5.44. The van der Waals surface area contributed by atoms with Gasteiger partial charge in [-0.1, -0.05) is 13.8 Å². The van der Waals surface area contributed by atoms with Crippen LogP contribution >= 0.6 is 11.8 Å². The molecule has 1 fully saturated rings. The molecule has 0 aromatic carbocycles. The van der Waals surface area contributed by atoms with Crippen molar-refractivity contribution in [2.45, 2.75) is 45.6 Å². The van der Waals surface area contributed by atoms with Crippen LogP contribution < -0.4 is 5.32 Å². The molecule has 1 rings (SSSR count). The highest BCUT2D eigenvalue weighted by molar-refractivity contribution is 7.99. The van der Waals surface area contributed by atoms with E-state index >= 15 is 0 Å². The van der Waals surface area contributed by atoms with Gasteiger partial charge in [0.25, 0.3) is 0 Å². The lowest BCUT2D eigenvalue weighted by Gasteiger charge is -2.28. The van der Waals surface area contributed by atoms with E-state index in [9.17, 15) is 4.79 Å². The maximum absolute atomic E-state index is 12.1. The van der Waals surface area contributed by atoms with Crippen LogP contribution in [0.3, 0.4) is 0 Å². The van der Waals surface area contributed by atoms with Crippen molar-refractivity contribution in [2.75, 3.05) is 11.5 Å². The van der Waals surface area contributed by atoms with Crippen LogP contribution in [-0.2, 0) is 4.79 Å². The molecule has 1 heterocycles. The zero-order chi connectivity index (χ0) is 12.0. The van der Waals surface area contributed by atoms with Crippen LogP contribution in [0.1, 0.15) is 39.5 Å². The molecular formula is C12H20N2OS. The molecule has 0 bridgehead atoms. The Bertz CT molecular complexity index is 275. The van der Waals surface area contributed by atoms with Crippen LogP contribution in [0.15, 0.2) is 0 Å². The van der Waals surface area contributed by atoms with E-state index in [1.165, 1.54) is 5.75 Å². The summed E-state index contributed by atoms with van der Waals surface area (Å²) in [5.41, 5.74) is -0.817. The van der Waals surface area contributed by atoms with E-state index < -0.39 is 5.41 Å². The first-order chi connectivity index (χ1) is 7.68. The van der Waals surface area contributed by atoms with Crippen LogP contribution in [0.25, 0.3) is 0 Å². The molecule has 0 saturated carbocycles. The van der Waals surface area contributed by atoms with Crippen molar-refractivity contribution in [2.24, 2.45) is 5.41 Å². The minimum absolute atomic E-state index is 0.0764. The van der Waals surface area contributed by atoms with Crippen molar-refractivity contribution in [3.63, 3.8) is 0 Å². The third kappa shape index (κ3) is 2.91. The molecule has 1 atom stereocenters. The number of hydrogen-bond donors (Lipinski definition) is 1. The summed E-state index contributed by atoms with van der Waals surface area (Å²) in [5.74, 6) is 2.10. The summed E-state index contributed by atoms with van der Waals surface area (Å²) in [5, 5.41) is 12.2. The molecule has 1 aliphatic heterocycles. The van der Waals surface area contributed by atoms with Gasteiger partial charge in [-0.2, -0.15) is 17.0 Å². The molecule has 4 heteroatoms. The lowest BCUT2D eigenvalue weighted by Crippen LogP contribution is -2.46. The summed E-state index contributed by atoms with van der Waals surface area (Å²) < 4.78 is 0. The minimum Gasteiger partial charge on any atom is -0.351 e. The lowest BCUT2D eigenvalue weighted by molar-refractivity contribution is -0.129. The van der Waals surface area contributed by atoms with Gasteiger partial charge in [-0.25, -0.2) is 0 Å². The van der Waals surface area contributed by atoms with Crippen LogP contribution in [0.2, 0.25) is 0 Å². The number of nitrogens with zero attached hydrogens (tertiary/aromatic N) is 1. The summed E-state index contributed by atoms with van der Waals surface area (Å²) in [4.78, 5) is 12.1. The minimum atomic E-state index is -0.817. The SMILES string of the molecule is CCC(C#N)(CC)C(=O)NC1CCCSC1. The summed E-state index contributed by atoms with van der Waals surface area (Å²) in [6, 6.07) is 2.45. The van der Waals surface area contributed by atoms with Crippen molar-refractivity contribution in [1.29, 1.82) is 5.26 Å². The molecule has 0 aromatic rings. The zero-order valence-corrected chi connectivity index (χ0v) is 10.9. The van der Waals surface area contributed by atoms with Gasteiger partial charge in [-0.3, -0.25) is 4.79 Å². The van der Waals surface area contributed by atoms with Gasteiger partial charge in [0.1, 0.15) is 5.41 Å². The Morgan fingerprint density at radius 1 is 1.56 bits per heavy atom. The second-order valence-electron chi connectivity index (χ2n) is 4.29. The van der Waals surface area contributed by atoms with Crippen LogP contribution in [0.5, 0.6) is 0 Å². The number of carbonyl (C=O) groups is 1. The van der Waals surface area contributed by atoms with E-state index in [1.807, 2.05) is 25.6 Å².